The standard InChI is InChI=1S/C21H21BF3O/c1-19(2,21(23,24)25)20(3,4)26-22-18-13-14-9-5-6-10-15(14)16-11-7-8-12-17(16)18/h5-13H,1-4H3. The van der Waals surface area contributed by atoms with Gasteiger partial charge in [-0.05, 0) is 54.7 Å². The Balaban J connectivity index is 2.01. The molecule has 3 aromatic rings. The molecule has 0 heterocycles. The monoisotopic (exact) mass is 357 g/mol. The van der Waals surface area contributed by atoms with Crippen molar-refractivity contribution in [2.24, 2.45) is 5.41 Å². The van der Waals surface area contributed by atoms with Crippen LogP contribution in [0.4, 0.5) is 13.2 Å². The fourth-order valence-corrected chi connectivity index (χ4v) is 2.88. The van der Waals surface area contributed by atoms with Gasteiger partial charge < -0.3 is 4.65 Å². The van der Waals surface area contributed by atoms with Crippen molar-refractivity contribution in [3.63, 3.8) is 0 Å². The maximum atomic E-state index is 13.4. The van der Waals surface area contributed by atoms with Crippen molar-refractivity contribution >= 4 is 34.5 Å². The molecule has 1 radical (unpaired) electrons. The van der Waals surface area contributed by atoms with Crippen LogP contribution in [0.25, 0.3) is 21.5 Å². The summed E-state index contributed by atoms with van der Waals surface area (Å²) in [4.78, 5) is 0. The van der Waals surface area contributed by atoms with Crippen LogP contribution in [-0.4, -0.2) is 19.3 Å². The molecule has 0 fully saturated rings. The van der Waals surface area contributed by atoms with Gasteiger partial charge in [0.2, 0.25) is 0 Å². The molecule has 0 aromatic heterocycles. The first-order valence-corrected chi connectivity index (χ1v) is 8.53. The third-order valence-corrected chi connectivity index (χ3v) is 5.49. The predicted octanol–water partition coefficient (Wildman–Crippen LogP) is 5.62. The molecule has 0 aliphatic rings. The number of benzene rings is 3. The van der Waals surface area contributed by atoms with Gasteiger partial charge in [-0.15, -0.1) is 0 Å². The van der Waals surface area contributed by atoms with Gasteiger partial charge in [-0.1, -0.05) is 54.6 Å². The van der Waals surface area contributed by atoms with Crippen LogP contribution in [0.5, 0.6) is 0 Å². The summed E-state index contributed by atoms with van der Waals surface area (Å²) in [7, 11) is 1.46. The Morgan fingerprint density at radius 2 is 1.31 bits per heavy atom. The van der Waals surface area contributed by atoms with Crippen molar-refractivity contribution in [3.05, 3.63) is 54.6 Å². The van der Waals surface area contributed by atoms with Crippen molar-refractivity contribution < 1.29 is 17.8 Å². The molecule has 0 spiro atoms. The summed E-state index contributed by atoms with van der Waals surface area (Å²) in [5.41, 5.74) is -2.65. The van der Waals surface area contributed by atoms with E-state index in [-0.39, 0.29) is 0 Å². The third kappa shape index (κ3) is 3.09. The van der Waals surface area contributed by atoms with Crippen LogP contribution in [0, 0.1) is 5.41 Å². The van der Waals surface area contributed by atoms with Gasteiger partial charge in [0.15, 0.2) is 0 Å². The first kappa shape index (κ1) is 18.8. The van der Waals surface area contributed by atoms with Crippen LogP contribution in [0.2, 0.25) is 0 Å². The van der Waals surface area contributed by atoms with E-state index < -0.39 is 17.2 Å². The highest BCUT2D eigenvalue weighted by atomic mass is 19.4. The molecule has 3 rings (SSSR count). The highest BCUT2D eigenvalue weighted by Gasteiger charge is 2.56. The second kappa shape index (κ2) is 6.31. The number of rotatable bonds is 4. The zero-order valence-corrected chi connectivity index (χ0v) is 15.3. The van der Waals surface area contributed by atoms with Crippen molar-refractivity contribution in [3.8, 4) is 0 Å². The van der Waals surface area contributed by atoms with Crippen LogP contribution < -0.4 is 5.46 Å². The van der Waals surface area contributed by atoms with Gasteiger partial charge >= 0.3 is 13.7 Å². The second-order valence-corrected chi connectivity index (χ2v) is 7.60. The number of hydrogen-bond donors (Lipinski definition) is 0. The fourth-order valence-electron chi connectivity index (χ4n) is 2.88. The Kier molecular flexibility index (Phi) is 4.56. The zero-order chi connectivity index (χ0) is 19.2. The molecule has 1 nitrogen and oxygen atoms in total. The molecule has 0 saturated carbocycles. The van der Waals surface area contributed by atoms with Gasteiger partial charge in [-0.3, -0.25) is 0 Å². The molecule has 0 unspecified atom stereocenters. The van der Waals surface area contributed by atoms with Crippen molar-refractivity contribution in [2.75, 3.05) is 0 Å². The lowest BCUT2D eigenvalue weighted by Gasteiger charge is -2.43. The molecule has 3 aromatic carbocycles. The van der Waals surface area contributed by atoms with Crippen molar-refractivity contribution in [2.45, 2.75) is 39.5 Å². The molecule has 0 aliphatic carbocycles. The maximum Gasteiger partial charge on any atom is 0.396 e. The van der Waals surface area contributed by atoms with Gasteiger partial charge in [0.05, 0.1) is 11.0 Å². The van der Waals surface area contributed by atoms with E-state index in [9.17, 15) is 13.2 Å². The van der Waals surface area contributed by atoms with Gasteiger partial charge in [-0.2, -0.15) is 13.2 Å². The molecule has 5 heteroatoms. The second-order valence-electron chi connectivity index (χ2n) is 7.60. The molecule has 0 aliphatic heterocycles. The quantitative estimate of drug-likeness (QED) is 0.435. The summed E-state index contributed by atoms with van der Waals surface area (Å²) in [6.07, 6.45) is -4.37. The topological polar surface area (TPSA) is 9.23 Å². The number of fused-ring (bicyclic) bond motifs is 3. The highest BCUT2D eigenvalue weighted by molar-refractivity contribution is 6.52. The Hall–Kier alpha value is -2.01. The molecule has 135 valence electrons. The highest BCUT2D eigenvalue weighted by Crippen LogP contribution is 2.47. The number of alkyl halides is 3. The lowest BCUT2D eigenvalue weighted by Crippen LogP contribution is -2.52. The molecule has 0 amide bonds. The first-order chi connectivity index (χ1) is 12.0. The van der Waals surface area contributed by atoms with E-state index in [4.69, 9.17) is 4.65 Å². The van der Waals surface area contributed by atoms with E-state index in [1.54, 1.807) is 0 Å². The van der Waals surface area contributed by atoms with E-state index in [1.807, 2.05) is 54.6 Å². The number of halogens is 3. The Bertz CT molecular complexity index is 945. The summed E-state index contributed by atoms with van der Waals surface area (Å²) in [5.74, 6) is 0. The van der Waals surface area contributed by atoms with E-state index in [1.165, 1.54) is 35.2 Å². The van der Waals surface area contributed by atoms with E-state index >= 15 is 0 Å². The van der Waals surface area contributed by atoms with E-state index in [0.717, 1.165) is 27.0 Å². The molecule has 0 N–H and O–H groups in total. The van der Waals surface area contributed by atoms with Gasteiger partial charge in [-0.25, -0.2) is 0 Å². The summed E-state index contributed by atoms with van der Waals surface area (Å²) < 4.78 is 46.0. The van der Waals surface area contributed by atoms with Crippen LogP contribution >= 0.6 is 0 Å². The van der Waals surface area contributed by atoms with Crippen molar-refractivity contribution in [1.82, 2.24) is 0 Å². The average Bonchev–Trinajstić information content (AvgIpc) is 2.58. The Morgan fingerprint density at radius 3 is 1.92 bits per heavy atom. The van der Waals surface area contributed by atoms with Gasteiger partial charge in [0.25, 0.3) is 0 Å². The Labute approximate surface area is 152 Å². The Morgan fingerprint density at radius 1 is 0.769 bits per heavy atom. The van der Waals surface area contributed by atoms with E-state index in [0.29, 0.717) is 0 Å². The molecular weight excluding hydrogens is 336 g/mol. The molecular formula is C21H21BF3O. The summed E-state index contributed by atoms with van der Waals surface area (Å²) in [6.45, 7) is 5.28. The minimum atomic E-state index is -4.37. The van der Waals surface area contributed by atoms with Crippen LogP contribution in [-0.2, 0) is 4.65 Å². The average molecular weight is 357 g/mol. The lowest BCUT2D eigenvalue weighted by atomic mass is 9.73. The third-order valence-electron chi connectivity index (χ3n) is 5.49. The fraction of sp³-hybridized carbons (Fsp3) is 0.333. The largest absolute Gasteiger partial charge is 0.429 e. The SMILES string of the molecule is CC(C)(O[B]c1cc2ccccc2c2ccccc12)C(C)(C)C(F)(F)F. The van der Waals surface area contributed by atoms with Crippen LogP contribution in [0.15, 0.2) is 54.6 Å². The summed E-state index contributed by atoms with van der Waals surface area (Å²) in [5, 5.41) is 4.13. The number of hydrogen-bond acceptors (Lipinski definition) is 1. The molecule has 0 bridgehead atoms. The van der Waals surface area contributed by atoms with E-state index in [2.05, 4.69) is 0 Å². The van der Waals surface area contributed by atoms with Crippen LogP contribution in [0.1, 0.15) is 27.7 Å². The molecule has 0 atom stereocenters. The van der Waals surface area contributed by atoms with Gasteiger partial charge in [0.1, 0.15) is 0 Å². The summed E-state index contributed by atoms with van der Waals surface area (Å²) >= 11 is 0. The molecule has 0 saturated heterocycles. The van der Waals surface area contributed by atoms with Gasteiger partial charge in [0, 0.05) is 0 Å². The van der Waals surface area contributed by atoms with Crippen LogP contribution in [0.3, 0.4) is 0 Å². The maximum absolute atomic E-state index is 13.4. The minimum Gasteiger partial charge on any atom is -0.429 e. The van der Waals surface area contributed by atoms with Crippen molar-refractivity contribution in [1.29, 1.82) is 0 Å². The zero-order valence-electron chi connectivity index (χ0n) is 15.3. The smallest absolute Gasteiger partial charge is 0.396 e. The first-order valence-electron chi connectivity index (χ1n) is 8.53. The normalized spacial score (nSPS) is 13.3. The molecule has 26 heavy (non-hydrogen) atoms. The lowest BCUT2D eigenvalue weighted by molar-refractivity contribution is -0.257. The predicted molar refractivity (Wildman–Crippen MR) is 102 cm³/mol. The summed E-state index contributed by atoms with van der Waals surface area (Å²) in [6, 6.07) is 17.7. The minimum absolute atomic E-state index is 0.769.